The van der Waals surface area contributed by atoms with E-state index in [0.29, 0.717) is 18.8 Å². The van der Waals surface area contributed by atoms with Crippen LogP contribution in [0.4, 0.5) is 17.1 Å². The number of amides is 3. The topological polar surface area (TPSA) is 79.0 Å². The van der Waals surface area contributed by atoms with E-state index in [9.17, 15) is 14.4 Å². The number of rotatable bonds is 5. The molecule has 4 rings (SSSR count). The van der Waals surface area contributed by atoms with E-state index in [1.54, 1.807) is 9.80 Å². The first-order valence-electron chi connectivity index (χ1n) is 9.65. The SMILES string of the molecule is COCC(=O)N1CCc2ccc(NC(=O)C3CC(=O)N(c4ccccc4)C3)cc21. The summed E-state index contributed by atoms with van der Waals surface area (Å²) in [4.78, 5) is 40.7. The van der Waals surface area contributed by atoms with Crippen molar-refractivity contribution in [2.75, 3.05) is 41.9 Å². The van der Waals surface area contributed by atoms with Crippen LogP contribution in [0, 0.1) is 5.92 Å². The molecule has 7 nitrogen and oxygen atoms in total. The second-order valence-corrected chi connectivity index (χ2v) is 7.30. The van der Waals surface area contributed by atoms with Gasteiger partial charge in [-0.05, 0) is 36.2 Å². The van der Waals surface area contributed by atoms with E-state index in [1.807, 2.05) is 48.5 Å². The van der Waals surface area contributed by atoms with Gasteiger partial charge in [-0.25, -0.2) is 0 Å². The van der Waals surface area contributed by atoms with Crippen molar-refractivity contribution >= 4 is 34.8 Å². The molecule has 1 N–H and O–H groups in total. The average Bonchev–Trinajstić information content (AvgIpc) is 3.32. The highest BCUT2D eigenvalue weighted by molar-refractivity contribution is 6.04. The lowest BCUT2D eigenvalue weighted by atomic mass is 10.1. The van der Waals surface area contributed by atoms with E-state index in [0.717, 1.165) is 23.4 Å². The Kier molecular flexibility index (Phi) is 5.31. The Morgan fingerprint density at radius 3 is 2.72 bits per heavy atom. The number of methoxy groups -OCH3 is 1. The van der Waals surface area contributed by atoms with Crippen molar-refractivity contribution in [1.82, 2.24) is 0 Å². The lowest BCUT2D eigenvalue weighted by Gasteiger charge is -2.18. The van der Waals surface area contributed by atoms with Crippen molar-refractivity contribution in [3.05, 3.63) is 54.1 Å². The Morgan fingerprint density at radius 1 is 1.17 bits per heavy atom. The fourth-order valence-electron chi connectivity index (χ4n) is 3.90. The van der Waals surface area contributed by atoms with Crippen LogP contribution in [0.2, 0.25) is 0 Å². The Labute approximate surface area is 169 Å². The average molecular weight is 393 g/mol. The van der Waals surface area contributed by atoms with E-state index in [-0.39, 0.29) is 30.7 Å². The Morgan fingerprint density at radius 2 is 1.97 bits per heavy atom. The van der Waals surface area contributed by atoms with Gasteiger partial charge >= 0.3 is 0 Å². The first-order valence-corrected chi connectivity index (χ1v) is 9.65. The van der Waals surface area contributed by atoms with Crippen LogP contribution < -0.4 is 15.1 Å². The molecule has 0 spiro atoms. The fraction of sp³-hybridized carbons (Fsp3) is 0.318. The van der Waals surface area contributed by atoms with Crippen molar-refractivity contribution in [3.63, 3.8) is 0 Å². The monoisotopic (exact) mass is 393 g/mol. The third-order valence-electron chi connectivity index (χ3n) is 5.38. The van der Waals surface area contributed by atoms with Gasteiger partial charge in [-0.1, -0.05) is 24.3 Å². The molecular weight excluding hydrogens is 370 g/mol. The molecule has 150 valence electrons. The molecule has 2 aliphatic rings. The number of nitrogens with one attached hydrogen (secondary N) is 1. The molecule has 1 saturated heterocycles. The van der Waals surface area contributed by atoms with Gasteiger partial charge in [0.15, 0.2) is 0 Å². The van der Waals surface area contributed by atoms with Gasteiger partial charge in [0, 0.05) is 43.7 Å². The Bertz CT molecular complexity index is 944. The van der Waals surface area contributed by atoms with Crippen LogP contribution in [0.1, 0.15) is 12.0 Å². The first kappa shape index (κ1) is 19.1. The van der Waals surface area contributed by atoms with Crippen LogP contribution in [-0.2, 0) is 25.5 Å². The lowest BCUT2D eigenvalue weighted by Crippen LogP contribution is -2.32. The lowest BCUT2D eigenvalue weighted by molar-refractivity contribution is -0.122. The summed E-state index contributed by atoms with van der Waals surface area (Å²) in [5, 5.41) is 2.91. The van der Waals surface area contributed by atoms with Crippen LogP contribution in [0.25, 0.3) is 0 Å². The molecule has 2 aliphatic heterocycles. The number of benzene rings is 2. The van der Waals surface area contributed by atoms with E-state index in [2.05, 4.69) is 5.32 Å². The first-order chi connectivity index (χ1) is 14.1. The molecule has 2 aromatic rings. The number of ether oxygens (including phenoxy) is 1. The predicted molar refractivity (Wildman–Crippen MR) is 110 cm³/mol. The summed E-state index contributed by atoms with van der Waals surface area (Å²) < 4.78 is 4.95. The summed E-state index contributed by atoms with van der Waals surface area (Å²) in [6.45, 7) is 0.992. The van der Waals surface area contributed by atoms with Crippen molar-refractivity contribution in [2.24, 2.45) is 5.92 Å². The maximum Gasteiger partial charge on any atom is 0.252 e. The zero-order chi connectivity index (χ0) is 20.4. The standard InChI is InChI=1S/C22H23N3O4/c1-29-14-21(27)24-10-9-15-7-8-17(12-19(15)24)23-22(28)16-11-20(26)25(13-16)18-5-3-2-4-6-18/h2-8,12,16H,9-11,13-14H2,1H3,(H,23,28). The molecule has 1 fully saturated rings. The smallest absolute Gasteiger partial charge is 0.252 e. The largest absolute Gasteiger partial charge is 0.375 e. The van der Waals surface area contributed by atoms with Crippen molar-refractivity contribution in [3.8, 4) is 0 Å². The normalized spacial score (nSPS) is 18.1. The minimum Gasteiger partial charge on any atom is -0.375 e. The minimum absolute atomic E-state index is 0.0233. The maximum atomic E-state index is 12.8. The summed E-state index contributed by atoms with van der Waals surface area (Å²) in [7, 11) is 1.49. The van der Waals surface area contributed by atoms with E-state index >= 15 is 0 Å². The summed E-state index contributed by atoms with van der Waals surface area (Å²) >= 11 is 0. The van der Waals surface area contributed by atoms with Gasteiger partial charge in [0.05, 0.1) is 5.92 Å². The second-order valence-electron chi connectivity index (χ2n) is 7.30. The molecule has 2 aromatic carbocycles. The summed E-state index contributed by atoms with van der Waals surface area (Å²) in [5.41, 5.74) is 3.30. The van der Waals surface area contributed by atoms with E-state index < -0.39 is 5.92 Å². The highest BCUT2D eigenvalue weighted by atomic mass is 16.5. The molecule has 0 saturated carbocycles. The zero-order valence-electron chi connectivity index (χ0n) is 16.3. The second kappa shape index (κ2) is 8.05. The van der Waals surface area contributed by atoms with Gasteiger partial charge in [-0.3, -0.25) is 14.4 Å². The summed E-state index contributed by atoms with van der Waals surface area (Å²) in [6, 6.07) is 15.0. The minimum atomic E-state index is -0.415. The molecule has 0 aromatic heterocycles. The fourth-order valence-corrected chi connectivity index (χ4v) is 3.90. The molecule has 1 unspecified atom stereocenters. The Hall–Kier alpha value is -3.19. The number of hydrogen-bond acceptors (Lipinski definition) is 4. The van der Waals surface area contributed by atoms with Crippen LogP contribution in [0.3, 0.4) is 0 Å². The maximum absolute atomic E-state index is 12.8. The van der Waals surface area contributed by atoms with Crippen molar-refractivity contribution in [2.45, 2.75) is 12.8 Å². The van der Waals surface area contributed by atoms with Gasteiger partial charge < -0.3 is 19.9 Å². The number of para-hydroxylation sites is 1. The molecule has 2 heterocycles. The third-order valence-corrected chi connectivity index (χ3v) is 5.38. The zero-order valence-corrected chi connectivity index (χ0v) is 16.3. The Balaban J connectivity index is 1.45. The van der Waals surface area contributed by atoms with Crippen LogP contribution in [-0.4, -0.2) is 44.5 Å². The molecule has 1 atom stereocenters. The van der Waals surface area contributed by atoms with Crippen molar-refractivity contribution in [1.29, 1.82) is 0 Å². The predicted octanol–water partition coefficient (Wildman–Crippen LogP) is 2.21. The van der Waals surface area contributed by atoms with Crippen LogP contribution in [0.15, 0.2) is 48.5 Å². The van der Waals surface area contributed by atoms with E-state index in [4.69, 9.17) is 4.74 Å². The van der Waals surface area contributed by atoms with Gasteiger partial charge in [0.2, 0.25) is 11.8 Å². The van der Waals surface area contributed by atoms with Gasteiger partial charge in [0.1, 0.15) is 6.61 Å². The van der Waals surface area contributed by atoms with Crippen LogP contribution >= 0.6 is 0 Å². The molecule has 3 amide bonds. The molecule has 29 heavy (non-hydrogen) atoms. The number of nitrogens with zero attached hydrogens (tertiary/aromatic N) is 2. The van der Waals surface area contributed by atoms with Gasteiger partial charge in [-0.15, -0.1) is 0 Å². The molecular formula is C22H23N3O4. The number of carbonyl (C=O) groups excluding carboxylic acids is 3. The van der Waals surface area contributed by atoms with Gasteiger partial charge in [0.25, 0.3) is 5.91 Å². The summed E-state index contributed by atoms with van der Waals surface area (Å²) in [5.74, 6) is -0.761. The quantitative estimate of drug-likeness (QED) is 0.845. The molecule has 0 bridgehead atoms. The number of carbonyl (C=O) groups is 3. The number of anilines is 3. The third kappa shape index (κ3) is 3.86. The number of hydrogen-bond donors (Lipinski definition) is 1. The highest BCUT2D eigenvalue weighted by Gasteiger charge is 2.35. The molecule has 0 radical (unpaired) electrons. The van der Waals surface area contributed by atoms with Crippen LogP contribution in [0.5, 0.6) is 0 Å². The van der Waals surface area contributed by atoms with Gasteiger partial charge in [-0.2, -0.15) is 0 Å². The molecule has 7 heteroatoms. The molecule has 0 aliphatic carbocycles. The number of fused-ring (bicyclic) bond motifs is 1. The summed E-state index contributed by atoms with van der Waals surface area (Å²) in [6.07, 6.45) is 0.965. The highest BCUT2D eigenvalue weighted by Crippen LogP contribution is 2.32. The van der Waals surface area contributed by atoms with E-state index in [1.165, 1.54) is 7.11 Å². The van der Waals surface area contributed by atoms with Crippen molar-refractivity contribution < 1.29 is 19.1 Å².